The SMILES string of the molecule is COc1ccc(C)cc1NC(=O)C(C)Oc1ccc(OCc2ccccc2)cc1. The lowest BCUT2D eigenvalue weighted by molar-refractivity contribution is -0.122. The van der Waals surface area contributed by atoms with E-state index < -0.39 is 6.10 Å². The number of nitrogens with one attached hydrogen (secondary N) is 1. The van der Waals surface area contributed by atoms with E-state index in [1.165, 1.54) is 0 Å². The van der Waals surface area contributed by atoms with Crippen LogP contribution in [0.1, 0.15) is 18.1 Å². The summed E-state index contributed by atoms with van der Waals surface area (Å²) in [6.45, 7) is 4.16. The number of carbonyl (C=O) groups excluding carboxylic acids is 1. The predicted molar refractivity (Wildman–Crippen MR) is 114 cm³/mol. The molecule has 0 fully saturated rings. The molecule has 0 heterocycles. The number of aryl methyl sites for hydroxylation is 1. The number of methoxy groups -OCH3 is 1. The molecule has 0 saturated heterocycles. The van der Waals surface area contributed by atoms with Crippen LogP contribution in [0.5, 0.6) is 17.2 Å². The van der Waals surface area contributed by atoms with Gasteiger partial charge in [0.15, 0.2) is 6.10 Å². The Morgan fingerprint density at radius 2 is 1.66 bits per heavy atom. The molecule has 29 heavy (non-hydrogen) atoms. The average molecular weight is 391 g/mol. The Morgan fingerprint density at radius 3 is 2.34 bits per heavy atom. The van der Waals surface area contributed by atoms with Crippen molar-refractivity contribution >= 4 is 11.6 Å². The standard InChI is InChI=1S/C24H25NO4/c1-17-9-14-23(27-3)22(15-17)25-24(26)18(2)29-21-12-10-20(11-13-21)28-16-19-7-5-4-6-8-19/h4-15,18H,16H2,1-3H3,(H,25,26). The van der Waals surface area contributed by atoms with Crippen molar-refractivity contribution in [1.29, 1.82) is 0 Å². The third kappa shape index (κ3) is 5.75. The van der Waals surface area contributed by atoms with Crippen LogP contribution in [0.15, 0.2) is 72.8 Å². The summed E-state index contributed by atoms with van der Waals surface area (Å²) in [4.78, 5) is 12.5. The molecule has 0 radical (unpaired) electrons. The maximum absolute atomic E-state index is 12.5. The van der Waals surface area contributed by atoms with E-state index in [0.717, 1.165) is 16.9 Å². The van der Waals surface area contributed by atoms with E-state index >= 15 is 0 Å². The lowest BCUT2D eigenvalue weighted by atomic mass is 10.2. The summed E-state index contributed by atoms with van der Waals surface area (Å²) in [6, 6.07) is 22.8. The molecule has 3 rings (SSSR count). The van der Waals surface area contributed by atoms with Crippen molar-refractivity contribution in [2.24, 2.45) is 0 Å². The third-order valence-electron chi connectivity index (χ3n) is 4.37. The molecular formula is C24H25NO4. The largest absolute Gasteiger partial charge is 0.495 e. The summed E-state index contributed by atoms with van der Waals surface area (Å²) in [7, 11) is 1.57. The number of benzene rings is 3. The van der Waals surface area contributed by atoms with Gasteiger partial charge < -0.3 is 19.5 Å². The smallest absolute Gasteiger partial charge is 0.265 e. The van der Waals surface area contributed by atoms with Gasteiger partial charge in [-0.05, 0) is 61.4 Å². The van der Waals surface area contributed by atoms with E-state index in [4.69, 9.17) is 14.2 Å². The minimum absolute atomic E-state index is 0.252. The summed E-state index contributed by atoms with van der Waals surface area (Å²) in [6.07, 6.45) is -0.670. The highest BCUT2D eigenvalue weighted by Crippen LogP contribution is 2.26. The van der Waals surface area contributed by atoms with Gasteiger partial charge >= 0.3 is 0 Å². The third-order valence-corrected chi connectivity index (χ3v) is 4.37. The summed E-state index contributed by atoms with van der Waals surface area (Å²) in [5.41, 5.74) is 2.75. The van der Waals surface area contributed by atoms with Crippen LogP contribution in [0.2, 0.25) is 0 Å². The molecule has 0 bridgehead atoms. The first-order chi connectivity index (χ1) is 14.0. The van der Waals surface area contributed by atoms with Crippen LogP contribution >= 0.6 is 0 Å². The fourth-order valence-corrected chi connectivity index (χ4v) is 2.77. The van der Waals surface area contributed by atoms with Gasteiger partial charge in [0.1, 0.15) is 23.9 Å². The number of ether oxygens (including phenoxy) is 3. The zero-order valence-corrected chi connectivity index (χ0v) is 16.8. The molecule has 0 aliphatic heterocycles. The van der Waals surface area contributed by atoms with Crippen molar-refractivity contribution in [1.82, 2.24) is 0 Å². The molecule has 3 aromatic rings. The van der Waals surface area contributed by atoms with E-state index in [1.54, 1.807) is 26.2 Å². The topological polar surface area (TPSA) is 56.8 Å². The first kappa shape index (κ1) is 20.3. The van der Waals surface area contributed by atoms with Crippen molar-refractivity contribution in [3.8, 4) is 17.2 Å². The van der Waals surface area contributed by atoms with E-state index in [0.29, 0.717) is 23.8 Å². The first-order valence-corrected chi connectivity index (χ1v) is 9.44. The lowest BCUT2D eigenvalue weighted by Gasteiger charge is -2.17. The highest BCUT2D eigenvalue weighted by atomic mass is 16.5. The molecule has 150 valence electrons. The van der Waals surface area contributed by atoms with Crippen molar-refractivity contribution in [3.05, 3.63) is 83.9 Å². The fourth-order valence-electron chi connectivity index (χ4n) is 2.77. The summed E-state index contributed by atoms with van der Waals surface area (Å²) in [5, 5.41) is 2.86. The molecule has 0 saturated carbocycles. The number of anilines is 1. The predicted octanol–water partition coefficient (Wildman–Crippen LogP) is 4.99. The Hall–Kier alpha value is -3.47. The number of hydrogen-bond donors (Lipinski definition) is 1. The molecule has 0 aliphatic carbocycles. The molecule has 3 aromatic carbocycles. The van der Waals surface area contributed by atoms with Crippen LogP contribution in [-0.2, 0) is 11.4 Å². The van der Waals surface area contributed by atoms with Gasteiger partial charge in [0, 0.05) is 0 Å². The zero-order chi connectivity index (χ0) is 20.6. The van der Waals surface area contributed by atoms with Crippen molar-refractivity contribution < 1.29 is 19.0 Å². The molecular weight excluding hydrogens is 366 g/mol. The number of hydrogen-bond acceptors (Lipinski definition) is 4. The van der Waals surface area contributed by atoms with Gasteiger partial charge in [-0.3, -0.25) is 4.79 Å². The molecule has 0 aliphatic rings. The van der Waals surface area contributed by atoms with Crippen LogP contribution < -0.4 is 19.5 Å². The number of amides is 1. The van der Waals surface area contributed by atoms with Gasteiger partial charge in [0.2, 0.25) is 0 Å². The summed E-state index contributed by atoms with van der Waals surface area (Å²) < 4.78 is 16.8. The van der Waals surface area contributed by atoms with Crippen LogP contribution in [0.3, 0.4) is 0 Å². The molecule has 1 atom stereocenters. The monoisotopic (exact) mass is 391 g/mol. The van der Waals surface area contributed by atoms with Gasteiger partial charge in [0.05, 0.1) is 12.8 Å². The van der Waals surface area contributed by atoms with Gasteiger partial charge in [-0.15, -0.1) is 0 Å². The summed E-state index contributed by atoms with van der Waals surface area (Å²) in [5.74, 6) is 1.69. The highest BCUT2D eigenvalue weighted by Gasteiger charge is 2.17. The van der Waals surface area contributed by atoms with E-state index in [-0.39, 0.29) is 5.91 Å². The van der Waals surface area contributed by atoms with E-state index in [1.807, 2.05) is 67.6 Å². The number of carbonyl (C=O) groups is 1. The Balaban J connectivity index is 1.55. The average Bonchev–Trinajstić information content (AvgIpc) is 2.74. The minimum Gasteiger partial charge on any atom is -0.495 e. The van der Waals surface area contributed by atoms with Crippen molar-refractivity contribution in [2.75, 3.05) is 12.4 Å². The van der Waals surface area contributed by atoms with Crippen molar-refractivity contribution in [2.45, 2.75) is 26.6 Å². The molecule has 5 nitrogen and oxygen atoms in total. The van der Waals surface area contributed by atoms with Gasteiger partial charge in [0.25, 0.3) is 5.91 Å². The van der Waals surface area contributed by atoms with Crippen LogP contribution in [0.4, 0.5) is 5.69 Å². The first-order valence-electron chi connectivity index (χ1n) is 9.44. The Bertz CT molecular complexity index is 939. The van der Waals surface area contributed by atoms with Gasteiger partial charge in [-0.2, -0.15) is 0 Å². The normalized spacial score (nSPS) is 11.4. The quantitative estimate of drug-likeness (QED) is 0.588. The number of rotatable bonds is 8. The van der Waals surface area contributed by atoms with Crippen LogP contribution in [-0.4, -0.2) is 19.1 Å². The molecule has 1 amide bonds. The summed E-state index contributed by atoms with van der Waals surface area (Å²) >= 11 is 0. The lowest BCUT2D eigenvalue weighted by Crippen LogP contribution is -2.30. The molecule has 0 aromatic heterocycles. The van der Waals surface area contributed by atoms with Crippen LogP contribution in [0.25, 0.3) is 0 Å². The van der Waals surface area contributed by atoms with Crippen LogP contribution in [0, 0.1) is 6.92 Å². The molecule has 1 N–H and O–H groups in total. The molecule has 5 heteroatoms. The second-order valence-corrected chi connectivity index (χ2v) is 6.70. The molecule has 0 spiro atoms. The second kappa shape index (κ2) is 9.64. The Morgan fingerprint density at radius 1 is 0.966 bits per heavy atom. The zero-order valence-electron chi connectivity index (χ0n) is 16.8. The minimum atomic E-state index is -0.670. The van der Waals surface area contributed by atoms with E-state index in [9.17, 15) is 4.79 Å². The maximum Gasteiger partial charge on any atom is 0.265 e. The van der Waals surface area contributed by atoms with Gasteiger partial charge in [-0.25, -0.2) is 0 Å². The van der Waals surface area contributed by atoms with Crippen molar-refractivity contribution in [3.63, 3.8) is 0 Å². The fraction of sp³-hybridized carbons (Fsp3) is 0.208. The molecule has 1 unspecified atom stereocenters. The van der Waals surface area contributed by atoms with E-state index in [2.05, 4.69) is 5.32 Å². The second-order valence-electron chi connectivity index (χ2n) is 6.70. The van der Waals surface area contributed by atoms with Gasteiger partial charge in [-0.1, -0.05) is 36.4 Å². The highest BCUT2D eigenvalue weighted by molar-refractivity contribution is 5.95. The Labute approximate surface area is 171 Å². The Kier molecular flexibility index (Phi) is 6.74. The maximum atomic E-state index is 12.5.